The van der Waals surface area contributed by atoms with E-state index in [1.165, 1.54) is 30.8 Å². The molecule has 0 fully saturated rings. The first kappa shape index (κ1) is 16.2. The average molecular weight is 355 g/mol. The molecule has 1 amide bonds. The number of aryl methyl sites for hydroxylation is 1. The first-order valence-corrected chi connectivity index (χ1v) is 7.74. The number of alkyl halides is 3. The van der Waals surface area contributed by atoms with Gasteiger partial charge in [-0.25, -0.2) is 0 Å². The molecule has 6 nitrogen and oxygen atoms in total. The highest BCUT2D eigenvalue weighted by Gasteiger charge is 2.36. The van der Waals surface area contributed by atoms with Crippen LogP contribution in [0.15, 0.2) is 29.2 Å². The van der Waals surface area contributed by atoms with Crippen molar-refractivity contribution in [2.45, 2.75) is 12.7 Å². The van der Waals surface area contributed by atoms with Crippen molar-refractivity contribution < 1.29 is 18.0 Å². The number of hydrogen-bond acceptors (Lipinski definition) is 4. The second-order valence-electron chi connectivity index (χ2n) is 5.03. The molecule has 0 aliphatic carbocycles. The molecular weight excluding hydrogens is 343 g/mol. The maximum atomic E-state index is 12.9. The summed E-state index contributed by atoms with van der Waals surface area (Å²) in [7, 11) is 1.39. The molecule has 0 bridgehead atoms. The summed E-state index contributed by atoms with van der Waals surface area (Å²) in [5.74, 6) is -0.512. The number of rotatable bonds is 4. The average Bonchev–Trinajstić information content (AvgIpc) is 3.23. The molecule has 0 unspecified atom stereocenters. The summed E-state index contributed by atoms with van der Waals surface area (Å²) in [6, 6.07) is 1.82. The van der Waals surface area contributed by atoms with Gasteiger partial charge in [-0.05, 0) is 11.4 Å². The zero-order valence-corrected chi connectivity index (χ0v) is 13.2. The van der Waals surface area contributed by atoms with Gasteiger partial charge in [0.05, 0.1) is 17.5 Å². The number of aromatic nitrogens is 4. The van der Waals surface area contributed by atoms with Crippen molar-refractivity contribution >= 4 is 17.2 Å². The van der Waals surface area contributed by atoms with Gasteiger partial charge in [0.2, 0.25) is 0 Å². The topological polar surface area (TPSA) is 75.6 Å². The molecule has 0 aliphatic heterocycles. The van der Waals surface area contributed by atoms with Gasteiger partial charge in [-0.2, -0.15) is 34.7 Å². The van der Waals surface area contributed by atoms with Gasteiger partial charge in [0.1, 0.15) is 0 Å². The zero-order chi connectivity index (χ0) is 17.3. The summed E-state index contributed by atoms with van der Waals surface area (Å²) in [6.07, 6.45) is -1.99. The van der Waals surface area contributed by atoms with Gasteiger partial charge in [-0.15, -0.1) is 0 Å². The number of aromatic amines is 1. The Balaban J connectivity index is 1.77. The largest absolute Gasteiger partial charge is 0.435 e. The van der Waals surface area contributed by atoms with Gasteiger partial charge in [0.25, 0.3) is 5.91 Å². The van der Waals surface area contributed by atoms with E-state index in [-0.39, 0.29) is 17.7 Å². The van der Waals surface area contributed by atoms with E-state index in [1.807, 2.05) is 16.8 Å². The molecule has 0 saturated heterocycles. The summed E-state index contributed by atoms with van der Waals surface area (Å²) >= 11 is 1.46. The van der Waals surface area contributed by atoms with Crippen molar-refractivity contribution in [1.82, 2.24) is 25.3 Å². The number of carbonyl (C=O) groups excluding carboxylic acids is 1. The summed E-state index contributed by atoms with van der Waals surface area (Å²) in [5.41, 5.74) is 0.483. The van der Waals surface area contributed by atoms with E-state index in [0.29, 0.717) is 5.69 Å². The molecule has 2 N–H and O–H groups in total. The molecule has 0 aromatic carbocycles. The molecule has 3 rings (SSSR count). The van der Waals surface area contributed by atoms with Crippen molar-refractivity contribution in [3.8, 4) is 11.3 Å². The van der Waals surface area contributed by atoms with Crippen molar-refractivity contribution in [1.29, 1.82) is 0 Å². The van der Waals surface area contributed by atoms with Gasteiger partial charge in [0, 0.05) is 36.3 Å². The maximum absolute atomic E-state index is 12.9. The first-order chi connectivity index (χ1) is 11.4. The van der Waals surface area contributed by atoms with E-state index >= 15 is 0 Å². The number of carbonyl (C=O) groups is 1. The Bertz CT molecular complexity index is 850. The standard InChI is InChI=1S/C14H12F3N5OS/c1-22-6-9(12(21-22)14(15,16)17)4-18-13(23)10-5-19-20-11(10)8-2-3-24-7-8/h2-3,5-7H,4H2,1H3,(H,18,23)(H,19,20). The van der Waals surface area contributed by atoms with Crippen LogP contribution in [0.4, 0.5) is 13.2 Å². The van der Waals surface area contributed by atoms with E-state index in [0.717, 1.165) is 10.2 Å². The summed E-state index contributed by atoms with van der Waals surface area (Å²) in [6.45, 7) is -0.282. The van der Waals surface area contributed by atoms with Crippen LogP contribution in [0.5, 0.6) is 0 Å². The minimum atomic E-state index is -4.57. The molecule has 0 aliphatic rings. The second-order valence-corrected chi connectivity index (χ2v) is 5.81. The molecule has 0 saturated carbocycles. The lowest BCUT2D eigenvalue weighted by atomic mass is 10.1. The minimum absolute atomic E-state index is 0.0982. The fourth-order valence-corrected chi connectivity index (χ4v) is 2.91. The summed E-state index contributed by atoms with van der Waals surface area (Å²) < 4.78 is 39.8. The predicted octanol–water partition coefficient (Wildman–Crippen LogP) is 2.82. The van der Waals surface area contributed by atoms with Gasteiger partial charge < -0.3 is 5.32 Å². The van der Waals surface area contributed by atoms with Crippen molar-refractivity contribution in [2.24, 2.45) is 7.05 Å². The zero-order valence-electron chi connectivity index (χ0n) is 12.4. The number of amides is 1. The van der Waals surface area contributed by atoms with Crippen LogP contribution in [0.25, 0.3) is 11.3 Å². The molecule has 3 aromatic rings. The lowest BCUT2D eigenvalue weighted by Gasteiger charge is -2.07. The van der Waals surface area contributed by atoms with Crippen LogP contribution in [0.3, 0.4) is 0 Å². The van der Waals surface area contributed by atoms with Crippen molar-refractivity contribution in [3.63, 3.8) is 0 Å². The van der Waals surface area contributed by atoms with Crippen molar-refractivity contribution in [2.75, 3.05) is 0 Å². The van der Waals surface area contributed by atoms with Gasteiger partial charge in [0.15, 0.2) is 5.69 Å². The number of halogens is 3. The molecular formula is C14H12F3N5OS. The molecule has 0 atom stereocenters. The normalized spacial score (nSPS) is 11.7. The molecule has 0 radical (unpaired) electrons. The van der Waals surface area contributed by atoms with Crippen LogP contribution in [0, 0.1) is 0 Å². The van der Waals surface area contributed by atoms with Gasteiger partial charge in [-0.3, -0.25) is 14.6 Å². The Morgan fingerprint density at radius 3 is 2.92 bits per heavy atom. The van der Waals surface area contributed by atoms with Crippen LogP contribution >= 0.6 is 11.3 Å². The fraction of sp³-hybridized carbons (Fsp3) is 0.214. The second kappa shape index (κ2) is 6.11. The molecule has 10 heteroatoms. The Labute approximate surface area is 138 Å². The third-order valence-electron chi connectivity index (χ3n) is 3.31. The number of hydrogen-bond donors (Lipinski definition) is 2. The highest BCUT2D eigenvalue weighted by atomic mass is 32.1. The molecule has 0 spiro atoms. The number of nitrogens with one attached hydrogen (secondary N) is 2. The first-order valence-electron chi connectivity index (χ1n) is 6.80. The van der Waals surface area contributed by atoms with E-state index in [1.54, 1.807) is 0 Å². The summed E-state index contributed by atoms with van der Waals surface area (Å²) in [4.78, 5) is 12.3. The monoisotopic (exact) mass is 355 g/mol. The third kappa shape index (κ3) is 3.18. The lowest BCUT2D eigenvalue weighted by molar-refractivity contribution is -0.142. The number of thiophene rings is 1. The lowest BCUT2D eigenvalue weighted by Crippen LogP contribution is -2.24. The van der Waals surface area contributed by atoms with E-state index in [9.17, 15) is 18.0 Å². The van der Waals surface area contributed by atoms with Crippen LogP contribution < -0.4 is 5.32 Å². The minimum Gasteiger partial charge on any atom is -0.348 e. The molecule has 3 heterocycles. The Morgan fingerprint density at radius 1 is 1.46 bits per heavy atom. The third-order valence-corrected chi connectivity index (χ3v) is 3.99. The van der Waals surface area contributed by atoms with Gasteiger partial charge in [-0.1, -0.05) is 0 Å². The SMILES string of the molecule is Cn1cc(CNC(=O)c2cn[nH]c2-c2ccsc2)c(C(F)(F)F)n1. The Morgan fingerprint density at radius 2 is 2.25 bits per heavy atom. The fourth-order valence-electron chi connectivity index (χ4n) is 2.26. The van der Waals surface area contributed by atoms with Crippen LogP contribution in [-0.4, -0.2) is 25.9 Å². The number of nitrogens with zero attached hydrogens (tertiary/aromatic N) is 3. The molecule has 24 heavy (non-hydrogen) atoms. The summed E-state index contributed by atoms with van der Waals surface area (Å²) in [5, 5.41) is 16.1. The van der Waals surface area contributed by atoms with E-state index in [2.05, 4.69) is 20.6 Å². The van der Waals surface area contributed by atoms with E-state index in [4.69, 9.17) is 0 Å². The smallest absolute Gasteiger partial charge is 0.348 e. The maximum Gasteiger partial charge on any atom is 0.435 e. The van der Waals surface area contributed by atoms with Crippen LogP contribution in [0.2, 0.25) is 0 Å². The highest BCUT2D eigenvalue weighted by Crippen LogP contribution is 2.30. The predicted molar refractivity (Wildman–Crippen MR) is 81.3 cm³/mol. The Kier molecular flexibility index (Phi) is 4.14. The van der Waals surface area contributed by atoms with Crippen molar-refractivity contribution in [3.05, 3.63) is 46.0 Å². The Hall–Kier alpha value is -2.62. The quantitative estimate of drug-likeness (QED) is 0.756. The molecule has 3 aromatic heterocycles. The van der Waals surface area contributed by atoms with Gasteiger partial charge >= 0.3 is 6.18 Å². The number of H-pyrrole nitrogens is 1. The van der Waals surface area contributed by atoms with Crippen LogP contribution in [-0.2, 0) is 19.8 Å². The van der Waals surface area contributed by atoms with Crippen LogP contribution in [0.1, 0.15) is 21.6 Å². The van der Waals surface area contributed by atoms with E-state index < -0.39 is 17.8 Å². The molecule has 126 valence electrons. The highest BCUT2D eigenvalue weighted by molar-refractivity contribution is 7.08.